The molecule has 1 aliphatic heterocycles. The highest BCUT2D eigenvalue weighted by atomic mass is 32.2. The average molecular weight is 328 g/mol. The Balaban J connectivity index is 1.93. The van der Waals surface area contributed by atoms with Crippen LogP contribution in [0.25, 0.3) is 0 Å². The first kappa shape index (κ1) is 15.6. The first-order valence-electron chi connectivity index (χ1n) is 7.10. The van der Waals surface area contributed by atoms with Crippen LogP contribution in [0.5, 0.6) is 5.75 Å². The number of thioether (sulfide) groups is 1. The Hall–Kier alpha value is -2.31. The van der Waals surface area contributed by atoms with Gasteiger partial charge in [0.1, 0.15) is 11.0 Å². The van der Waals surface area contributed by atoms with Gasteiger partial charge in [0.2, 0.25) is 0 Å². The van der Waals surface area contributed by atoms with Crippen molar-refractivity contribution in [3.05, 3.63) is 65.7 Å². The highest BCUT2D eigenvalue weighted by Gasteiger charge is 2.37. The third-order valence-electron chi connectivity index (χ3n) is 3.63. The molecule has 3 rings (SSSR count). The van der Waals surface area contributed by atoms with Crippen molar-refractivity contribution in [3.8, 4) is 5.75 Å². The van der Waals surface area contributed by atoms with Gasteiger partial charge in [0, 0.05) is 5.56 Å². The molecule has 0 spiro atoms. The molecule has 1 aliphatic rings. The maximum Gasteiger partial charge on any atom is 0.259 e. The molecule has 2 atom stereocenters. The van der Waals surface area contributed by atoms with Crippen LogP contribution < -0.4 is 10.2 Å². The molecule has 2 aromatic rings. The standard InChI is InChI=1S/C17H16N2O3S/c1-22-13-9-7-12(8-10-13)17-18-14(11-5-3-2-4-6-11)15(23-17)16(20)19-21/h2-10,14-15,21H,1H3,(H,19,20). The molecule has 5 nitrogen and oxygen atoms in total. The first-order valence-corrected chi connectivity index (χ1v) is 7.98. The van der Waals surface area contributed by atoms with Gasteiger partial charge in [0.15, 0.2) is 0 Å². The van der Waals surface area contributed by atoms with E-state index in [1.165, 1.54) is 11.8 Å². The third-order valence-corrected chi connectivity index (χ3v) is 4.92. The number of nitrogens with zero attached hydrogens (tertiary/aromatic N) is 1. The molecule has 0 aromatic heterocycles. The predicted molar refractivity (Wildman–Crippen MR) is 90.0 cm³/mol. The zero-order valence-corrected chi connectivity index (χ0v) is 13.3. The van der Waals surface area contributed by atoms with Crippen LogP contribution in [0.3, 0.4) is 0 Å². The minimum atomic E-state index is -0.500. The SMILES string of the molecule is COc1ccc(C2=NC(c3ccccc3)C(C(=O)NO)S2)cc1. The van der Waals surface area contributed by atoms with E-state index in [1.54, 1.807) is 12.6 Å². The molecule has 6 heteroatoms. The molecule has 0 bridgehead atoms. The molecule has 23 heavy (non-hydrogen) atoms. The molecule has 1 heterocycles. The summed E-state index contributed by atoms with van der Waals surface area (Å²) in [6, 6.07) is 16.8. The summed E-state index contributed by atoms with van der Waals surface area (Å²) < 4.78 is 5.16. The second kappa shape index (κ2) is 6.85. The number of benzene rings is 2. The van der Waals surface area contributed by atoms with Crippen LogP contribution in [0.1, 0.15) is 17.2 Å². The Morgan fingerprint density at radius 2 is 1.87 bits per heavy atom. The van der Waals surface area contributed by atoms with Crippen LogP contribution in [0, 0.1) is 0 Å². The van der Waals surface area contributed by atoms with E-state index in [1.807, 2.05) is 54.6 Å². The number of carbonyl (C=O) groups excluding carboxylic acids is 1. The number of ether oxygens (including phenoxy) is 1. The topological polar surface area (TPSA) is 70.9 Å². The molecular weight excluding hydrogens is 312 g/mol. The maximum atomic E-state index is 12.0. The van der Waals surface area contributed by atoms with Crippen molar-refractivity contribution in [2.45, 2.75) is 11.3 Å². The fraction of sp³-hybridized carbons (Fsp3) is 0.176. The van der Waals surface area contributed by atoms with Gasteiger partial charge in [-0.2, -0.15) is 0 Å². The van der Waals surface area contributed by atoms with Gasteiger partial charge in [-0.15, -0.1) is 0 Å². The number of hydrogen-bond acceptors (Lipinski definition) is 5. The van der Waals surface area contributed by atoms with Crippen molar-refractivity contribution >= 4 is 22.7 Å². The predicted octanol–water partition coefficient (Wildman–Crippen LogP) is 2.80. The number of hydrogen-bond donors (Lipinski definition) is 2. The summed E-state index contributed by atoms with van der Waals surface area (Å²) in [5, 5.41) is 9.28. The summed E-state index contributed by atoms with van der Waals surface area (Å²) in [4.78, 5) is 16.7. The van der Waals surface area contributed by atoms with Crippen LogP contribution in [-0.2, 0) is 4.79 Å². The first-order chi connectivity index (χ1) is 11.2. The monoisotopic (exact) mass is 328 g/mol. The lowest BCUT2D eigenvalue weighted by atomic mass is 10.0. The van der Waals surface area contributed by atoms with Gasteiger partial charge in [0.25, 0.3) is 5.91 Å². The fourth-order valence-electron chi connectivity index (χ4n) is 2.45. The van der Waals surface area contributed by atoms with Crippen LogP contribution in [0.4, 0.5) is 0 Å². The van der Waals surface area contributed by atoms with Crippen molar-refractivity contribution in [2.24, 2.45) is 4.99 Å². The van der Waals surface area contributed by atoms with E-state index in [0.29, 0.717) is 0 Å². The quantitative estimate of drug-likeness (QED) is 0.669. The Kier molecular flexibility index (Phi) is 4.64. The van der Waals surface area contributed by atoms with E-state index in [2.05, 4.69) is 0 Å². The summed E-state index contributed by atoms with van der Waals surface area (Å²) in [5.74, 6) is 0.317. The maximum absolute atomic E-state index is 12.0. The van der Waals surface area contributed by atoms with Crippen molar-refractivity contribution in [3.63, 3.8) is 0 Å². The lowest BCUT2D eigenvalue weighted by molar-refractivity contribution is -0.128. The van der Waals surface area contributed by atoms with E-state index < -0.39 is 11.2 Å². The van der Waals surface area contributed by atoms with E-state index in [9.17, 15) is 4.79 Å². The molecular formula is C17H16N2O3S. The van der Waals surface area contributed by atoms with E-state index >= 15 is 0 Å². The minimum Gasteiger partial charge on any atom is -0.497 e. The van der Waals surface area contributed by atoms with Crippen LogP contribution in [0.15, 0.2) is 59.6 Å². The number of nitrogens with one attached hydrogen (secondary N) is 1. The third kappa shape index (κ3) is 3.23. The van der Waals surface area contributed by atoms with Gasteiger partial charge >= 0.3 is 0 Å². The molecule has 2 N–H and O–H groups in total. The van der Waals surface area contributed by atoms with Crippen molar-refractivity contribution in [2.75, 3.05) is 7.11 Å². The van der Waals surface area contributed by atoms with Crippen molar-refractivity contribution in [1.29, 1.82) is 0 Å². The summed E-state index contributed by atoms with van der Waals surface area (Å²) in [5.41, 5.74) is 3.61. The lowest BCUT2D eigenvalue weighted by Crippen LogP contribution is -2.32. The second-order valence-electron chi connectivity index (χ2n) is 5.03. The van der Waals surface area contributed by atoms with Crippen molar-refractivity contribution < 1.29 is 14.7 Å². The van der Waals surface area contributed by atoms with Gasteiger partial charge in [-0.05, 0) is 29.8 Å². The molecule has 0 saturated heterocycles. The van der Waals surface area contributed by atoms with Gasteiger partial charge in [-0.3, -0.25) is 15.0 Å². The summed E-state index contributed by atoms with van der Waals surface area (Å²) in [6.07, 6.45) is 0. The summed E-state index contributed by atoms with van der Waals surface area (Å²) >= 11 is 1.35. The van der Waals surface area contributed by atoms with E-state index in [0.717, 1.165) is 21.9 Å². The smallest absolute Gasteiger partial charge is 0.259 e. The van der Waals surface area contributed by atoms with Gasteiger partial charge in [0.05, 0.1) is 18.2 Å². The zero-order valence-electron chi connectivity index (χ0n) is 12.5. The Labute approximate surface area is 138 Å². The summed E-state index contributed by atoms with van der Waals surface area (Å²) in [7, 11) is 1.61. The Bertz CT molecular complexity index is 716. The number of methoxy groups -OCH3 is 1. The molecule has 118 valence electrons. The minimum absolute atomic E-state index is 0.328. The number of rotatable bonds is 4. The number of aliphatic imine (C=N–C) groups is 1. The number of amides is 1. The van der Waals surface area contributed by atoms with Gasteiger partial charge in [-0.25, -0.2) is 5.48 Å². The second-order valence-corrected chi connectivity index (χ2v) is 6.16. The van der Waals surface area contributed by atoms with Gasteiger partial charge in [-0.1, -0.05) is 42.1 Å². The molecule has 2 unspecified atom stereocenters. The zero-order chi connectivity index (χ0) is 16.2. The molecule has 0 aliphatic carbocycles. The van der Waals surface area contributed by atoms with E-state index in [4.69, 9.17) is 14.9 Å². The fourth-order valence-corrected chi connectivity index (χ4v) is 3.64. The molecule has 0 radical (unpaired) electrons. The molecule has 1 amide bonds. The highest BCUT2D eigenvalue weighted by molar-refractivity contribution is 8.15. The van der Waals surface area contributed by atoms with E-state index in [-0.39, 0.29) is 6.04 Å². The van der Waals surface area contributed by atoms with Crippen LogP contribution >= 0.6 is 11.8 Å². The largest absolute Gasteiger partial charge is 0.497 e. The Morgan fingerprint density at radius 1 is 1.17 bits per heavy atom. The van der Waals surface area contributed by atoms with Crippen molar-refractivity contribution in [1.82, 2.24) is 5.48 Å². The van der Waals surface area contributed by atoms with Gasteiger partial charge < -0.3 is 4.74 Å². The molecule has 2 aromatic carbocycles. The molecule has 0 fully saturated rings. The van der Waals surface area contributed by atoms with Crippen LogP contribution in [-0.4, -0.2) is 28.5 Å². The molecule has 0 saturated carbocycles. The Morgan fingerprint density at radius 3 is 2.48 bits per heavy atom. The normalized spacial score (nSPS) is 20.0. The van der Waals surface area contributed by atoms with Crippen LogP contribution in [0.2, 0.25) is 0 Å². The average Bonchev–Trinajstić information content (AvgIpc) is 3.07. The lowest BCUT2D eigenvalue weighted by Gasteiger charge is -2.15. The summed E-state index contributed by atoms with van der Waals surface area (Å²) in [6.45, 7) is 0. The number of hydroxylamine groups is 1. The number of carbonyl (C=O) groups is 1. The highest BCUT2D eigenvalue weighted by Crippen LogP contribution is 2.40.